The Kier molecular flexibility index (Phi) is 5.86. The van der Waals surface area contributed by atoms with Gasteiger partial charge in [-0.2, -0.15) is 0 Å². The molecule has 3 fully saturated rings. The highest BCUT2D eigenvalue weighted by molar-refractivity contribution is 7.99. The second kappa shape index (κ2) is 8.47. The molecule has 0 unspecified atom stereocenters. The molecule has 0 radical (unpaired) electrons. The molecule has 3 heterocycles. The third-order valence-electron chi connectivity index (χ3n) is 7.37. The van der Waals surface area contributed by atoms with Crippen molar-refractivity contribution in [2.75, 3.05) is 18.8 Å². The summed E-state index contributed by atoms with van der Waals surface area (Å²) < 4.78 is 7.59. The lowest BCUT2D eigenvalue weighted by atomic mass is 9.87. The minimum atomic E-state index is -0.609. The number of nitrogens with one attached hydrogen (secondary N) is 1. The second-order valence-corrected chi connectivity index (χ2v) is 12.7. The summed E-state index contributed by atoms with van der Waals surface area (Å²) in [5, 5.41) is 3.25. The molecule has 34 heavy (non-hydrogen) atoms. The fourth-order valence-corrected chi connectivity index (χ4v) is 6.51. The number of nitrogens with zero attached hydrogens (tertiary/aromatic N) is 3. The van der Waals surface area contributed by atoms with E-state index in [0.29, 0.717) is 13.1 Å². The maximum atomic E-state index is 13.2. The molecule has 5 rings (SSSR count). The van der Waals surface area contributed by atoms with Crippen molar-refractivity contribution < 1.29 is 14.3 Å². The maximum absolute atomic E-state index is 13.2. The topological polar surface area (TPSA) is 75.9 Å². The SMILES string of the molecule is CC(C)(C)OC(=O)N1C[C@@H]2[C@H](C1)[C@H]2C(=O)NC(C)(C)c1ncc2c(SCC3CCC3)cccn12. The highest BCUT2D eigenvalue weighted by atomic mass is 32.2. The minimum Gasteiger partial charge on any atom is -0.444 e. The molecule has 2 aromatic rings. The number of hydrogen-bond acceptors (Lipinski definition) is 5. The Balaban J connectivity index is 1.22. The van der Waals surface area contributed by atoms with E-state index in [0.717, 1.165) is 23.0 Å². The molecule has 1 saturated heterocycles. The van der Waals surface area contributed by atoms with Crippen molar-refractivity contribution in [1.82, 2.24) is 19.6 Å². The zero-order valence-electron chi connectivity index (χ0n) is 20.8. The zero-order chi connectivity index (χ0) is 24.3. The quantitative estimate of drug-likeness (QED) is 0.602. The summed E-state index contributed by atoms with van der Waals surface area (Å²) in [6, 6.07) is 4.23. The van der Waals surface area contributed by atoms with Crippen LogP contribution in [-0.2, 0) is 15.1 Å². The van der Waals surface area contributed by atoms with Gasteiger partial charge in [0.1, 0.15) is 11.4 Å². The van der Waals surface area contributed by atoms with Gasteiger partial charge in [0.2, 0.25) is 5.91 Å². The second-order valence-electron chi connectivity index (χ2n) is 11.7. The molecule has 0 spiro atoms. The number of rotatable bonds is 6. The van der Waals surface area contributed by atoms with Gasteiger partial charge in [-0.3, -0.25) is 4.79 Å². The maximum Gasteiger partial charge on any atom is 0.410 e. The van der Waals surface area contributed by atoms with Crippen LogP contribution in [0.15, 0.2) is 29.4 Å². The average Bonchev–Trinajstić information content (AvgIpc) is 3.04. The first kappa shape index (κ1) is 23.5. The van der Waals surface area contributed by atoms with E-state index in [9.17, 15) is 9.59 Å². The third kappa shape index (κ3) is 4.53. The largest absolute Gasteiger partial charge is 0.444 e. The summed E-state index contributed by atoms with van der Waals surface area (Å²) in [5.74, 6) is 3.28. The van der Waals surface area contributed by atoms with Gasteiger partial charge >= 0.3 is 6.09 Å². The van der Waals surface area contributed by atoms with E-state index in [1.54, 1.807) is 4.90 Å². The summed E-state index contributed by atoms with van der Waals surface area (Å²) in [6.07, 6.45) is 7.73. The van der Waals surface area contributed by atoms with Crippen molar-refractivity contribution in [3.05, 3.63) is 30.4 Å². The predicted molar refractivity (Wildman–Crippen MR) is 133 cm³/mol. The average molecular weight is 485 g/mol. The van der Waals surface area contributed by atoms with Crippen molar-refractivity contribution in [3.63, 3.8) is 0 Å². The standard InChI is InChI=1S/C26H36N4O3S/c1-25(2,3)33-24(32)29-13-17-18(14-29)21(17)22(31)28-26(4,5)23-27-12-19-20(10-7-11-30(19)23)34-15-16-8-6-9-16/h7,10-12,16-18,21H,6,8-9,13-15H2,1-5H3,(H,28,31)/t17-,18+,21+. The Morgan fingerprint density at radius 1 is 1.18 bits per heavy atom. The van der Waals surface area contributed by atoms with Gasteiger partial charge in [0.25, 0.3) is 0 Å². The number of fused-ring (bicyclic) bond motifs is 2. The number of piperidine rings is 1. The van der Waals surface area contributed by atoms with Crippen LogP contribution in [0, 0.1) is 23.7 Å². The molecule has 3 aliphatic rings. The van der Waals surface area contributed by atoms with Crippen molar-refractivity contribution in [2.24, 2.45) is 23.7 Å². The number of hydrogen-bond donors (Lipinski definition) is 1. The molecular weight excluding hydrogens is 448 g/mol. The Labute approximate surface area is 206 Å². The smallest absolute Gasteiger partial charge is 0.410 e. The van der Waals surface area contributed by atoms with Crippen molar-refractivity contribution in [2.45, 2.75) is 69.9 Å². The number of ether oxygens (including phenoxy) is 1. The Bertz CT molecular complexity index is 1090. The molecule has 3 atom stereocenters. The Morgan fingerprint density at radius 3 is 2.50 bits per heavy atom. The van der Waals surface area contributed by atoms with Gasteiger partial charge in [-0.15, -0.1) is 11.8 Å². The monoisotopic (exact) mass is 484 g/mol. The van der Waals surface area contributed by atoms with Crippen LogP contribution in [0.3, 0.4) is 0 Å². The van der Waals surface area contributed by atoms with Crippen LogP contribution in [0.5, 0.6) is 0 Å². The summed E-state index contributed by atoms with van der Waals surface area (Å²) in [6.45, 7) is 10.8. The van der Waals surface area contributed by atoms with E-state index in [1.807, 2.05) is 58.8 Å². The molecule has 2 saturated carbocycles. The van der Waals surface area contributed by atoms with Crippen LogP contribution in [-0.4, -0.2) is 50.7 Å². The lowest BCUT2D eigenvalue weighted by molar-refractivity contribution is -0.125. The van der Waals surface area contributed by atoms with E-state index in [2.05, 4.69) is 21.9 Å². The number of pyridine rings is 1. The van der Waals surface area contributed by atoms with Gasteiger partial charge in [-0.25, -0.2) is 9.78 Å². The molecule has 1 aliphatic heterocycles. The molecule has 2 aliphatic carbocycles. The molecule has 2 amide bonds. The Morgan fingerprint density at radius 2 is 1.88 bits per heavy atom. The van der Waals surface area contributed by atoms with Crippen LogP contribution < -0.4 is 5.32 Å². The first-order valence-electron chi connectivity index (χ1n) is 12.4. The minimum absolute atomic E-state index is 0.0437. The fourth-order valence-electron chi connectivity index (χ4n) is 5.29. The predicted octanol–water partition coefficient (Wildman–Crippen LogP) is 4.69. The van der Waals surface area contributed by atoms with E-state index in [4.69, 9.17) is 9.72 Å². The number of aromatic nitrogens is 2. The van der Waals surface area contributed by atoms with Gasteiger partial charge in [0, 0.05) is 35.9 Å². The van der Waals surface area contributed by atoms with E-state index < -0.39 is 11.1 Å². The molecular formula is C26H36N4O3S. The number of carbonyl (C=O) groups is 2. The van der Waals surface area contributed by atoms with E-state index in [1.165, 1.54) is 24.2 Å². The van der Waals surface area contributed by atoms with Crippen LogP contribution >= 0.6 is 11.8 Å². The first-order valence-corrected chi connectivity index (χ1v) is 13.4. The number of amides is 2. The molecule has 8 heteroatoms. The highest BCUT2D eigenvalue weighted by Crippen LogP contribution is 2.52. The summed E-state index contributed by atoms with van der Waals surface area (Å²) in [7, 11) is 0. The van der Waals surface area contributed by atoms with E-state index >= 15 is 0 Å². The Hall–Kier alpha value is -2.22. The van der Waals surface area contributed by atoms with Crippen molar-refractivity contribution in [3.8, 4) is 0 Å². The number of likely N-dealkylation sites (tertiary alicyclic amines) is 1. The molecule has 184 valence electrons. The summed E-state index contributed by atoms with van der Waals surface area (Å²) in [4.78, 5) is 33.2. The normalized spacial score (nSPS) is 24.6. The van der Waals surface area contributed by atoms with Crippen molar-refractivity contribution >= 4 is 29.3 Å². The van der Waals surface area contributed by atoms with Gasteiger partial charge in [0.15, 0.2) is 0 Å². The fraction of sp³-hybridized carbons (Fsp3) is 0.654. The van der Waals surface area contributed by atoms with Crippen LogP contribution in [0.1, 0.15) is 59.7 Å². The van der Waals surface area contributed by atoms with Crippen LogP contribution in [0.2, 0.25) is 0 Å². The van der Waals surface area contributed by atoms with Crippen molar-refractivity contribution in [1.29, 1.82) is 0 Å². The van der Waals surface area contributed by atoms with Gasteiger partial charge in [0.05, 0.1) is 17.3 Å². The summed E-state index contributed by atoms with van der Waals surface area (Å²) >= 11 is 1.91. The van der Waals surface area contributed by atoms with Gasteiger partial charge < -0.3 is 19.4 Å². The zero-order valence-corrected chi connectivity index (χ0v) is 21.7. The lowest BCUT2D eigenvalue weighted by Gasteiger charge is -2.28. The first-order chi connectivity index (χ1) is 16.0. The molecule has 0 aromatic carbocycles. The number of carbonyl (C=O) groups excluding carboxylic acids is 2. The lowest BCUT2D eigenvalue weighted by Crippen LogP contribution is -2.45. The number of imidazole rings is 1. The van der Waals surface area contributed by atoms with Gasteiger partial charge in [-0.05, 0) is 77.3 Å². The molecule has 7 nitrogen and oxygen atoms in total. The molecule has 1 N–H and O–H groups in total. The molecule has 0 bridgehead atoms. The van der Waals surface area contributed by atoms with E-state index in [-0.39, 0.29) is 29.8 Å². The van der Waals surface area contributed by atoms with Gasteiger partial charge in [-0.1, -0.05) is 6.42 Å². The summed E-state index contributed by atoms with van der Waals surface area (Å²) in [5.41, 5.74) is -0.0177. The molecule has 2 aromatic heterocycles. The third-order valence-corrected chi connectivity index (χ3v) is 8.67. The highest BCUT2D eigenvalue weighted by Gasteiger charge is 2.61. The van der Waals surface area contributed by atoms with Crippen LogP contribution in [0.25, 0.3) is 5.52 Å². The number of thioether (sulfide) groups is 1. The van der Waals surface area contributed by atoms with Crippen LogP contribution in [0.4, 0.5) is 4.79 Å².